The smallest absolute Gasteiger partial charge is 0.407 e. The highest BCUT2D eigenvalue weighted by atomic mass is 16.6. The number of hydrogen-bond acceptors (Lipinski definition) is 8. The summed E-state index contributed by atoms with van der Waals surface area (Å²) in [6, 6.07) is 23.3. The Labute approximate surface area is 293 Å². The van der Waals surface area contributed by atoms with Crippen LogP contribution in [-0.2, 0) is 22.4 Å². The Hall–Kier alpha value is -4.78. The van der Waals surface area contributed by atoms with E-state index in [4.69, 9.17) is 10.5 Å². The van der Waals surface area contributed by atoms with Crippen LogP contribution in [0.25, 0.3) is 11.0 Å². The molecule has 1 aromatic heterocycles. The third kappa shape index (κ3) is 10.6. The minimum Gasteiger partial charge on any atom is -0.444 e. The second-order valence-electron chi connectivity index (χ2n) is 13.9. The summed E-state index contributed by atoms with van der Waals surface area (Å²) in [5.74, 6) is -1.67. The van der Waals surface area contributed by atoms with Crippen LogP contribution in [0.2, 0.25) is 0 Å². The Morgan fingerprint density at radius 1 is 0.860 bits per heavy atom. The number of ether oxygens (including phenoxy) is 1. The number of fused-ring (bicyclic) bond motifs is 1. The molecule has 0 fully saturated rings. The number of nitrogens with two attached hydrogens (primary N) is 1. The van der Waals surface area contributed by atoms with Crippen LogP contribution >= 0.6 is 0 Å². The number of alkyl carbamates (subject to hydrolysis) is 1. The SMILES string of the molecule is CC(C)[C@@H](C(N)=O)N(C(=O)c1nc2ccccc2[nH]1)[C@H](Cc1ccccc1)[C@@H](O)CNCC(O)[C@@H](Cc1ccccc1)NC(=O)OC(C)(C)C. The first kappa shape index (κ1) is 38.0. The molecule has 4 aromatic rings. The molecule has 0 aliphatic heterocycles. The van der Waals surface area contributed by atoms with Crippen molar-refractivity contribution in [3.63, 3.8) is 0 Å². The van der Waals surface area contributed by atoms with E-state index in [9.17, 15) is 24.6 Å². The van der Waals surface area contributed by atoms with Crippen LogP contribution in [0.3, 0.4) is 0 Å². The molecule has 0 aliphatic rings. The molecule has 0 bridgehead atoms. The highest BCUT2D eigenvalue weighted by Crippen LogP contribution is 2.24. The first-order chi connectivity index (χ1) is 23.7. The Kier molecular flexibility index (Phi) is 13.1. The zero-order chi connectivity index (χ0) is 36.4. The van der Waals surface area contributed by atoms with Crippen molar-refractivity contribution >= 4 is 28.9 Å². The van der Waals surface area contributed by atoms with Crippen molar-refractivity contribution < 1.29 is 29.3 Å². The maximum atomic E-state index is 14.3. The third-order valence-corrected chi connectivity index (χ3v) is 8.31. The molecule has 1 unspecified atom stereocenters. The standard InChI is InChI=1S/C38H50N6O6/c1-24(2)33(34(39)47)44(36(48)35-41-27-18-12-13-19-28(27)42-35)30(21-26-16-10-7-11-17-26)32(46)23-40-22-31(45)29(20-25-14-8-6-9-15-25)43-37(49)50-38(3,4)5/h6-19,24,29-33,40,45-46H,20-23H2,1-5H3,(H2,39,47)(H,41,42)(H,43,49)/t29-,30-,31?,32+,33+/m1/s1. The van der Waals surface area contributed by atoms with Crippen LogP contribution in [0, 0.1) is 5.92 Å². The first-order valence-electron chi connectivity index (χ1n) is 16.9. The first-order valence-corrected chi connectivity index (χ1v) is 16.9. The Morgan fingerprint density at radius 3 is 1.98 bits per heavy atom. The number of imidazole rings is 1. The number of carbonyl (C=O) groups is 3. The summed E-state index contributed by atoms with van der Waals surface area (Å²) < 4.78 is 5.45. The van der Waals surface area contributed by atoms with Gasteiger partial charge >= 0.3 is 6.09 Å². The molecule has 0 radical (unpaired) electrons. The zero-order valence-electron chi connectivity index (χ0n) is 29.4. The minimum atomic E-state index is -1.22. The van der Waals surface area contributed by atoms with E-state index in [1.54, 1.807) is 46.8 Å². The van der Waals surface area contributed by atoms with Crippen molar-refractivity contribution in [1.82, 2.24) is 25.5 Å². The predicted molar refractivity (Wildman–Crippen MR) is 192 cm³/mol. The number of para-hydroxylation sites is 2. The quantitative estimate of drug-likeness (QED) is 0.103. The van der Waals surface area contributed by atoms with Crippen LogP contribution in [0.15, 0.2) is 84.9 Å². The zero-order valence-corrected chi connectivity index (χ0v) is 29.4. The molecule has 0 saturated carbocycles. The molecule has 1 heterocycles. The van der Waals surface area contributed by atoms with Gasteiger partial charge in [0.05, 0.1) is 35.3 Å². The fourth-order valence-corrected chi connectivity index (χ4v) is 5.99. The van der Waals surface area contributed by atoms with Crippen LogP contribution in [0.1, 0.15) is 56.4 Å². The molecule has 3 amide bonds. The second-order valence-corrected chi connectivity index (χ2v) is 13.9. The average molecular weight is 687 g/mol. The number of primary amides is 1. The van der Waals surface area contributed by atoms with Gasteiger partial charge in [-0.05, 0) is 62.8 Å². The largest absolute Gasteiger partial charge is 0.444 e. The van der Waals surface area contributed by atoms with Crippen LogP contribution in [-0.4, -0.2) is 92.0 Å². The summed E-state index contributed by atoms with van der Waals surface area (Å²) in [5, 5.41) is 29.0. The van der Waals surface area contributed by atoms with E-state index >= 15 is 0 Å². The van der Waals surface area contributed by atoms with Crippen molar-refractivity contribution in [3.05, 3.63) is 102 Å². The maximum Gasteiger partial charge on any atom is 0.407 e. The van der Waals surface area contributed by atoms with Gasteiger partial charge in [-0.1, -0.05) is 86.6 Å². The van der Waals surface area contributed by atoms with E-state index in [1.165, 1.54) is 4.90 Å². The summed E-state index contributed by atoms with van der Waals surface area (Å²) in [6.07, 6.45) is -2.43. The lowest BCUT2D eigenvalue weighted by Crippen LogP contribution is -2.60. The molecule has 0 spiro atoms. The van der Waals surface area contributed by atoms with E-state index in [0.29, 0.717) is 17.5 Å². The van der Waals surface area contributed by atoms with E-state index < -0.39 is 59.8 Å². The number of hydrogen-bond donors (Lipinski definition) is 6. The number of H-pyrrole nitrogens is 1. The van der Waals surface area contributed by atoms with Gasteiger partial charge in [0.25, 0.3) is 5.91 Å². The molecule has 12 heteroatoms. The summed E-state index contributed by atoms with van der Waals surface area (Å²) in [5.41, 5.74) is 8.17. The molecular weight excluding hydrogens is 636 g/mol. The number of rotatable bonds is 16. The van der Waals surface area contributed by atoms with Crippen molar-refractivity contribution in [2.75, 3.05) is 13.1 Å². The molecule has 50 heavy (non-hydrogen) atoms. The highest BCUT2D eigenvalue weighted by molar-refractivity contribution is 5.97. The number of aliphatic hydroxyl groups is 2. The second kappa shape index (κ2) is 17.2. The van der Waals surface area contributed by atoms with Crippen LogP contribution in [0.4, 0.5) is 4.79 Å². The van der Waals surface area contributed by atoms with Crippen molar-refractivity contribution in [1.29, 1.82) is 0 Å². The number of carbonyl (C=O) groups excluding carboxylic acids is 3. The molecule has 5 atom stereocenters. The van der Waals surface area contributed by atoms with E-state index in [0.717, 1.165) is 11.1 Å². The van der Waals surface area contributed by atoms with Gasteiger partial charge in [0.1, 0.15) is 11.6 Å². The lowest BCUT2D eigenvalue weighted by Gasteiger charge is -2.40. The molecule has 268 valence electrons. The summed E-state index contributed by atoms with van der Waals surface area (Å²) in [7, 11) is 0. The number of amides is 3. The summed E-state index contributed by atoms with van der Waals surface area (Å²) >= 11 is 0. The van der Waals surface area contributed by atoms with Gasteiger partial charge in [0.2, 0.25) is 5.91 Å². The van der Waals surface area contributed by atoms with Gasteiger partial charge in [-0.15, -0.1) is 0 Å². The number of nitrogens with zero attached hydrogens (tertiary/aromatic N) is 2. The summed E-state index contributed by atoms with van der Waals surface area (Å²) in [4.78, 5) is 49.0. The normalized spacial score (nSPS) is 14.8. The van der Waals surface area contributed by atoms with Gasteiger partial charge in [0.15, 0.2) is 5.82 Å². The number of nitrogens with one attached hydrogen (secondary N) is 3. The van der Waals surface area contributed by atoms with Crippen LogP contribution < -0.4 is 16.4 Å². The maximum absolute atomic E-state index is 14.3. The Bertz CT molecular complexity index is 1660. The van der Waals surface area contributed by atoms with Gasteiger partial charge in [-0.2, -0.15) is 0 Å². The van der Waals surface area contributed by atoms with Crippen molar-refractivity contribution in [3.8, 4) is 0 Å². The lowest BCUT2D eigenvalue weighted by atomic mass is 9.93. The fraction of sp³-hybridized carbons (Fsp3) is 0.421. The molecule has 0 saturated heterocycles. The average Bonchev–Trinajstić information content (AvgIpc) is 3.50. The summed E-state index contributed by atoms with van der Waals surface area (Å²) in [6.45, 7) is 8.78. The molecule has 0 aliphatic carbocycles. The topological polar surface area (TPSA) is 183 Å². The number of aromatic amines is 1. The van der Waals surface area contributed by atoms with Gasteiger partial charge in [-0.3, -0.25) is 9.59 Å². The van der Waals surface area contributed by atoms with Gasteiger partial charge in [-0.25, -0.2) is 9.78 Å². The fourth-order valence-electron chi connectivity index (χ4n) is 5.99. The van der Waals surface area contributed by atoms with Crippen LogP contribution in [0.5, 0.6) is 0 Å². The molecule has 3 aromatic carbocycles. The Balaban J connectivity index is 1.59. The van der Waals surface area contributed by atoms with Crippen molar-refractivity contribution in [2.45, 2.75) is 83.4 Å². The van der Waals surface area contributed by atoms with Gasteiger partial charge in [0, 0.05) is 13.1 Å². The highest BCUT2D eigenvalue weighted by Gasteiger charge is 2.41. The number of aliphatic hydroxyl groups excluding tert-OH is 2. The third-order valence-electron chi connectivity index (χ3n) is 8.31. The minimum absolute atomic E-state index is 0.0106. The van der Waals surface area contributed by atoms with E-state index in [1.807, 2.05) is 72.8 Å². The molecule has 7 N–H and O–H groups in total. The number of benzene rings is 3. The van der Waals surface area contributed by atoms with Gasteiger partial charge < -0.3 is 41.2 Å². The molecule has 4 rings (SSSR count). The van der Waals surface area contributed by atoms with E-state index in [2.05, 4.69) is 20.6 Å². The molecule has 12 nitrogen and oxygen atoms in total. The predicted octanol–water partition coefficient (Wildman–Crippen LogP) is 3.57. The van der Waals surface area contributed by atoms with Crippen molar-refractivity contribution in [2.24, 2.45) is 11.7 Å². The number of aromatic nitrogens is 2. The monoisotopic (exact) mass is 686 g/mol. The molecular formula is C38H50N6O6. The lowest BCUT2D eigenvalue weighted by molar-refractivity contribution is -0.125. The van der Waals surface area contributed by atoms with E-state index in [-0.39, 0.29) is 25.3 Å². The Morgan fingerprint density at radius 2 is 1.42 bits per heavy atom.